The molecular formula is C14H25NO3. The molecule has 18 heavy (non-hydrogen) atoms. The third kappa shape index (κ3) is 3.04. The molecule has 0 amide bonds. The normalized spacial score (nSPS) is 33.6. The van der Waals surface area contributed by atoms with Crippen LogP contribution >= 0.6 is 0 Å². The lowest BCUT2D eigenvalue weighted by Gasteiger charge is -2.40. The summed E-state index contributed by atoms with van der Waals surface area (Å²) in [6.07, 6.45) is 6.46. The molecule has 2 aliphatic rings. The van der Waals surface area contributed by atoms with Crippen LogP contribution in [0.5, 0.6) is 0 Å². The molecule has 1 heterocycles. The largest absolute Gasteiger partial charge is 0.465 e. The maximum Gasteiger partial charge on any atom is 0.326 e. The van der Waals surface area contributed by atoms with Crippen LogP contribution < -0.4 is 5.32 Å². The van der Waals surface area contributed by atoms with Crippen molar-refractivity contribution in [1.82, 2.24) is 5.32 Å². The van der Waals surface area contributed by atoms with Gasteiger partial charge in [0.15, 0.2) is 0 Å². The molecule has 2 rings (SSSR count). The van der Waals surface area contributed by atoms with Gasteiger partial charge in [-0.2, -0.15) is 0 Å². The molecule has 1 saturated heterocycles. The van der Waals surface area contributed by atoms with Crippen LogP contribution in [0.25, 0.3) is 0 Å². The minimum atomic E-state index is -0.511. The predicted octanol–water partition coefficient (Wildman–Crippen LogP) is 2.02. The summed E-state index contributed by atoms with van der Waals surface area (Å²) < 4.78 is 10.9. The summed E-state index contributed by atoms with van der Waals surface area (Å²) in [7, 11) is 0. The van der Waals surface area contributed by atoms with Crippen molar-refractivity contribution in [3.63, 3.8) is 0 Å². The summed E-state index contributed by atoms with van der Waals surface area (Å²) in [5.41, 5.74) is -0.511. The summed E-state index contributed by atoms with van der Waals surface area (Å²) >= 11 is 0. The molecule has 1 aliphatic heterocycles. The van der Waals surface area contributed by atoms with Crippen molar-refractivity contribution in [3.05, 3.63) is 0 Å². The molecule has 0 spiro atoms. The van der Waals surface area contributed by atoms with E-state index in [-0.39, 0.29) is 12.1 Å². The Balaban J connectivity index is 2.07. The second kappa shape index (κ2) is 6.02. The smallest absolute Gasteiger partial charge is 0.326 e. The van der Waals surface area contributed by atoms with E-state index in [4.69, 9.17) is 9.47 Å². The molecule has 0 aromatic carbocycles. The van der Waals surface area contributed by atoms with Gasteiger partial charge in [0, 0.05) is 19.1 Å². The van der Waals surface area contributed by atoms with Gasteiger partial charge in [-0.25, -0.2) is 0 Å². The first-order valence-corrected chi connectivity index (χ1v) is 7.23. The fraction of sp³-hybridized carbons (Fsp3) is 0.929. The van der Waals surface area contributed by atoms with Crippen molar-refractivity contribution < 1.29 is 14.3 Å². The van der Waals surface area contributed by atoms with Crippen LogP contribution in [-0.4, -0.2) is 36.9 Å². The van der Waals surface area contributed by atoms with E-state index in [2.05, 4.69) is 5.32 Å². The van der Waals surface area contributed by atoms with Crippen LogP contribution in [0.15, 0.2) is 0 Å². The first kappa shape index (κ1) is 13.8. The van der Waals surface area contributed by atoms with Crippen molar-refractivity contribution >= 4 is 5.97 Å². The van der Waals surface area contributed by atoms with Crippen LogP contribution in [0.2, 0.25) is 0 Å². The summed E-state index contributed by atoms with van der Waals surface area (Å²) in [5, 5.41) is 3.59. The van der Waals surface area contributed by atoms with Gasteiger partial charge in [0.25, 0.3) is 0 Å². The molecule has 4 nitrogen and oxygen atoms in total. The number of carbonyl (C=O) groups is 1. The van der Waals surface area contributed by atoms with E-state index in [0.717, 1.165) is 12.8 Å². The minimum absolute atomic E-state index is 0.0907. The van der Waals surface area contributed by atoms with Crippen LogP contribution in [0.1, 0.15) is 52.4 Å². The first-order valence-electron chi connectivity index (χ1n) is 7.23. The molecule has 2 fully saturated rings. The molecule has 1 aliphatic carbocycles. The Labute approximate surface area is 109 Å². The third-order valence-corrected chi connectivity index (χ3v) is 4.07. The van der Waals surface area contributed by atoms with Crippen LogP contribution in [0.4, 0.5) is 0 Å². The third-order valence-electron chi connectivity index (χ3n) is 4.07. The average molecular weight is 255 g/mol. The molecule has 1 saturated carbocycles. The van der Waals surface area contributed by atoms with Gasteiger partial charge in [-0.05, 0) is 33.1 Å². The molecule has 0 aromatic heterocycles. The van der Waals surface area contributed by atoms with Gasteiger partial charge in [0.05, 0.1) is 12.7 Å². The Bertz CT molecular complexity index is 289. The van der Waals surface area contributed by atoms with Gasteiger partial charge < -0.3 is 9.47 Å². The van der Waals surface area contributed by atoms with E-state index in [1.807, 2.05) is 13.8 Å². The van der Waals surface area contributed by atoms with Crippen molar-refractivity contribution in [2.45, 2.75) is 70.1 Å². The van der Waals surface area contributed by atoms with E-state index in [1.165, 1.54) is 25.7 Å². The van der Waals surface area contributed by atoms with Crippen LogP contribution in [0, 0.1) is 0 Å². The van der Waals surface area contributed by atoms with Crippen LogP contribution in [0.3, 0.4) is 0 Å². The lowest BCUT2D eigenvalue weighted by Crippen LogP contribution is -2.60. The molecule has 0 bridgehead atoms. The number of carbonyl (C=O) groups excluding carboxylic acids is 1. The Morgan fingerprint density at radius 2 is 2.17 bits per heavy atom. The maximum atomic E-state index is 12.3. The topological polar surface area (TPSA) is 47.6 Å². The maximum absolute atomic E-state index is 12.3. The highest BCUT2D eigenvalue weighted by Crippen LogP contribution is 2.30. The van der Waals surface area contributed by atoms with Crippen molar-refractivity contribution in [3.8, 4) is 0 Å². The fourth-order valence-electron chi connectivity index (χ4n) is 3.19. The monoisotopic (exact) mass is 255 g/mol. The molecule has 4 heteroatoms. The number of hydrogen-bond donors (Lipinski definition) is 1. The fourth-order valence-corrected chi connectivity index (χ4v) is 3.19. The second-order valence-electron chi connectivity index (χ2n) is 5.56. The summed E-state index contributed by atoms with van der Waals surface area (Å²) in [4.78, 5) is 12.3. The van der Waals surface area contributed by atoms with Crippen molar-refractivity contribution in [2.24, 2.45) is 0 Å². The number of esters is 1. The Morgan fingerprint density at radius 3 is 2.78 bits per heavy atom. The Hall–Kier alpha value is -0.610. The van der Waals surface area contributed by atoms with Gasteiger partial charge in [-0.3, -0.25) is 10.1 Å². The number of nitrogens with one attached hydrogen (secondary N) is 1. The van der Waals surface area contributed by atoms with E-state index in [0.29, 0.717) is 19.3 Å². The number of ether oxygens (including phenoxy) is 2. The molecule has 0 aromatic rings. The Morgan fingerprint density at radius 1 is 1.44 bits per heavy atom. The molecule has 1 N–H and O–H groups in total. The molecule has 0 radical (unpaired) electrons. The highest BCUT2D eigenvalue weighted by Gasteiger charge is 2.45. The summed E-state index contributed by atoms with van der Waals surface area (Å²) in [6, 6.07) is 0.472. The van der Waals surface area contributed by atoms with Gasteiger partial charge >= 0.3 is 5.97 Å². The lowest BCUT2D eigenvalue weighted by molar-refractivity contribution is -0.158. The zero-order valence-electron chi connectivity index (χ0n) is 11.5. The first-order chi connectivity index (χ1) is 8.66. The van der Waals surface area contributed by atoms with Crippen molar-refractivity contribution in [2.75, 3.05) is 13.2 Å². The molecule has 2 unspecified atom stereocenters. The van der Waals surface area contributed by atoms with E-state index >= 15 is 0 Å². The van der Waals surface area contributed by atoms with Gasteiger partial charge in [-0.1, -0.05) is 12.8 Å². The average Bonchev–Trinajstić information content (AvgIpc) is 2.82. The molecule has 2 atom stereocenters. The highest BCUT2D eigenvalue weighted by atomic mass is 16.5. The summed E-state index contributed by atoms with van der Waals surface area (Å²) in [6.45, 7) is 4.98. The number of hydrogen-bond acceptors (Lipinski definition) is 4. The summed E-state index contributed by atoms with van der Waals surface area (Å²) in [5.74, 6) is -0.0907. The zero-order chi connectivity index (χ0) is 13.0. The standard InChI is InChI=1S/C14H25NO3/c1-3-17-13(16)14(8-9-18-11(2)10-14)15-12-6-4-5-7-12/h11-12,15H,3-10H2,1-2H3. The van der Waals surface area contributed by atoms with E-state index in [1.54, 1.807) is 0 Å². The van der Waals surface area contributed by atoms with Crippen molar-refractivity contribution in [1.29, 1.82) is 0 Å². The zero-order valence-corrected chi connectivity index (χ0v) is 11.5. The molecule has 104 valence electrons. The van der Waals surface area contributed by atoms with Gasteiger partial charge in [0.1, 0.15) is 5.54 Å². The Kier molecular flexibility index (Phi) is 4.62. The van der Waals surface area contributed by atoms with E-state index < -0.39 is 5.54 Å². The lowest BCUT2D eigenvalue weighted by atomic mass is 9.86. The van der Waals surface area contributed by atoms with Crippen LogP contribution in [-0.2, 0) is 14.3 Å². The quantitative estimate of drug-likeness (QED) is 0.781. The highest BCUT2D eigenvalue weighted by molar-refractivity contribution is 5.81. The minimum Gasteiger partial charge on any atom is -0.465 e. The van der Waals surface area contributed by atoms with E-state index in [9.17, 15) is 4.79 Å². The van der Waals surface area contributed by atoms with Gasteiger partial charge in [-0.15, -0.1) is 0 Å². The SMILES string of the molecule is CCOC(=O)C1(NC2CCCC2)CCOC(C)C1. The molecular weight excluding hydrogens is 230 g/mol. The second-order valence-corrected chi connectivity index (χ2v) is 5.56. The predicted molar refractivity (Wildman–Crippen MR) is 69.4 cm³/mol. The number of rotatable bonds is 4. The van der Waals surface area contributed by atoms with Gasteiger partial charge in [0.2, 0.25) is 0 Å².